The van der Waals surface area contributed by atoms with E-state index < -0.39 is 5.54 Å². The van der Waals surface area contributed by atoms with Crippen LogP contribution in [0.1, 0.15) is 6.92 Å². The zero-order valence-corrected chi connectivity index (χ0v) is 10.7. The van der Waals surface area contributed by atoms with Gasteiger partial charge >= 0.3 is 0 Å². The lowest BCUT2D eigenvalue weighted by molar-refractivity contribution is -0.122. The Hall–Kier alpha value is -0.780. The number of halogens is 1. The standard InChI is InChI=1S/C10H14ClN3OS/c1-10(13-2,9(12)15)6-16-8-4-3-7(11)5-14-8/h3-5,13H,6H2,1-2H3,(H2,12,15). The quantitative estimate of drug-likeness (QED) is 0.782. The molecule has 6 heteroatoms. The van der Waals surface area contributed by atoms with Crippen LogP contribution < -0.4 is 11.1 Å². The molecular formula is C10H14ClN3OS. The van der Waals surface area contributed by atoms with Crippen molar-refractivity contribution in [3.63, 3.8) is 0 Å². The number of nitrogens with two attached hydrogens (primary N) is 1. The number of amides is 1. The highest BCUT2D eigenvalue weighted by molar-refractivity contribution is 7.99. The molecule has 0 aliphatic rings. The zero-order chi connectivity index (χ0) is 12.2. The van der Waals surface area contributed by atoms with Gasteiger partial charge in [-0.05, 0) is 26.1 Å². The van der Waals surface area contributed by atoms with E-state index in [4.69, 9.17) is 17.3 Å². The van der Waals surface area contributed by atoms with Crippen molar-refractivity contribution in [2.75, 3.05) is 12.8 Å². The third-order valence-electron chi connectivity index (χ3n) is 2.30. The molecule has 0 bridgehead atoms. The van der Waals surface area contributed by atoms with Crippen LogP contribution in [0.15, 0.2) is 23.4 Å². The molecule has 1 rings (SSSR count). The average molecular weight is 260 g/mol. The first kappa shape index (κ1) is 13.3. The van der Waals surface area contributed by atoms with E-state index in [9.17, 15) is 4.79 Å². The summed E-state index contributed by atoms with van der Waals surface area (Å²) in [6.45, 7) is 1.76. The Morgan fingerprint density at radius 2 is 2.38 bits per heavy atom. The summed E-state index contributed by atoms with van der Waals surface area (Å²) in [4.78, 5) is 15.4. The molecule has 1 aromatic heterocycles. The summed E-state index contributed by atoms with van der Waals surface area (Å²) < 4.78 is 0. The molecule has 0 aromatic carbocycles. The van der Waals surface area contributed by atoms with Crippen molar-refractivity contribution >= 4 is 29.3 Å². The van der Waals surface area contributed by atoms with Crippen molar-refractivity contribution in [3.05, 3.63) is 23.4 Å². The summed E-state index contributed by atoms with van der Waals surface area (Å²) in [6, 6.07) is 3.57. The summed E-state index contributed by atoms with van der Waals surface area (Å²) in [7, 11) is 1.71. The highest BCUT2D eigenvalue weighted by atomic mass is 35.5. The van der Waals surface area contributed by atoms with Crippen LogP contribution in [-0.2, 0) is 4.79 Å². The van der Waals surface area contributed by atoms with Crippen molar-refractivity contribution in [1.82, 2.24) is 10.3 Å². The molecule has 1 atom stereocenters. The number of hydrogen-bond donors (Lipinski definition) is 2. The zero-order valence-electron chi connectivity index (χ0n) is 9.16. The van der Waals surface area contributed by atoms with Crippen molar-refractivity contribution in [2.45, 2.75) is 17.5 Å². The number of hydrogen-bond acceptors (Lipinski definition) is 4. The first-order valence-electron chi connectivity index (χ1n) is 4.71. The molecule has 4 nitrogen and oxygen atoms in total. The van der Waals surface area contributed by atoms with Gasteiger partial charge in [0.15, 0.2) is 0 Å². The molecule has 0 aliphatic heterocycles. The number of nitrogens with one attached hydrogen (secondary N) is 1. The maximum atomic E-state index is 11.2. The van der Waals surface area contributed by atoms with Crippen molar-refractivity contribution < 1.29 is 4.79 Å². The number of rotatable bonds is 5. The average Bonchev–Trinajstić information content (AvgIpc) is 2.27. The fourth-order valence-corrected chi connectivity index (χ4v) is 2.06. The minimum absolute atomic E-state index is 0.378. The number of nitrogens with zero attached hydrogens (tertiary/aromatic N) is 1. The minimum Gasteiger partial charge on any atom is -0.368 e. The molecule has 1 aromatic rings. The largest absolute Gasteiger partial charge is 0.368 e. The summed E-state index contributed by atoms with van der Waals surface area (Å²) >= 11 is 7.18. The first-order chi connectivity index (χ1) is 7.48. The number of likely N-dealkylation sites (N-methyl/N-ethyl adjacent to an activating group) is 1. The van der Waals surface area contributed by atoms with Crippen molar-refractivity contribution in [2.24, 2.45) is 5.73 Å². The van der Waals surface area contributed by atoms with Crippen LogP contribution in [0.4, 0.5) is 0 Å². The van der Waals surface area contributed by atoms with Crippen molar-refractivity contribution in [3.8, 4) is 0 Å². The van der Waals surface area contributed by atoms with Crippen LogP contribution in [0.3, 0.4) is 0 Å². The highest BCUT2D eigenvalue weighted by Crippen LogP contribution is 2.21. The fourth-order valence-electron chi connectivity index (χ4n) is 0.932. The van der Waals surface area contributed by atoms with Crippen LogP contribution >= 0.6 is 23.4 Å². The molecular weight excluding hydrogens is 246 g/mol. The number of pyridine rings is 1. The van der Waals surface area contributed by atoms with Crippen LogP contribution in [-0.4, -0.2) is 29.2 Å². The lowest BCUT2D eigenvalue weighted by Gasteiger charge is -2.24. The smallest absolute Gasteiger partial charge is 0.238 e. The molecule has 1 unspecified atom stereocenters. The molecule has 1 heterocycles. The monoisotopic (exact) mass is 259 g/mol. The van der Waals surface area contributed by atoms with E-state index in [1.165, 1.54) is 11.8 Å². The van der Waals surface area contributed by atoms with Gasteiger partial charge in [0.05, 0.1) is 10.0 Å². The van der Waals surface area contributed by atoms with Crippen LogP contribution in [0.25, 0.3) is 0 Å². The van der Waals surface area contributed by atoms with Crippen LogP contribution in [0.2, 0.25) is 5.02 Å². The van der Waals surface area contributed by atoms with E-state index >= 15 is 0 Å². The van der Waals surface area contributed by atoms with Crippen LogP contribution in [0, 0.1) is 0 Å². The van der Waals surface area contributed by atoms with E-state index in [-0.39, 0.29) is 5.91 Å². The number of carbonyl (C=O) groups excluding carboxylic acids is 1. The third-order valence-corrected chi connectivity index (χ3v) is 3.79. The molecule has 0 saturated carbocycles. The van der Waals surface area contributed by atoms with Gasteiger partial charge < -0.3 is 11.1 Å². The van der Waals surface area contributed by atoms with Gasteiger partial charge in [-0.25, -0.2) is 4.98 Å². The van der Waals surface area contributed by atoms with Gasteiger partial charge in [0.1, 0.15) is 5.54 Å². The molecule has 0 saturated heterocycles. The van der Waals surface area contributed by atoms with E-state index in [0.29, 0.717) is 10.8 Å². The molecule has 0 fully saturated rings. The first-order valence-corrected chi connectivity index (χ1v) is 6.07. The second kappa shape index (κ2) is 5.52. The number of thioether (sulfide) groups is 1. The van der Waals surface area contributed by atoms with Gasteiger partial charge in [-0.3, -0.25) is 4.79 Å². The predicted octanol–water partition coefficient (Wildman–Crippen LogP) is 1.29. The molecule has 1 amide bonds. The van der Waals surface area contributed by atoms with Gasteiger partial charge in [0.2, 0.25) is 5.91 Å². The predicted molar refractivity (Wildman–Crippen MR) is 66.6 cm³/mol. The number of primary amides is 1. The molecule has 3 N–H and O–H groups in total. The Bertz CT molecular complexity index is 371. The summed E-state index contributed by atoms with van der Waals surface area (Å²) in [5, 5.41) is 4.32. The van der Waals surface area contributed by atoms with Gasteiger partial charge in [-0.2, -0.15) is 0 Å². The van der Waals surface area contributed by atoms with Crippen LogP contribution in [0.5, 0.6) is 0 Å². The molecule has 0 radical (unpaired) electrons. The third kappa shape index (κ3) is 3.37. The maximum Gasteiger partial charge on any atom is 0.238 e. The molecule has 88 valence electrons. The molecule has 16 heavy (non-hydrogen) atoms. The van der Waals surface area contributed by atoms with Crippen molar-refractivity contribution in [1.29, 1.82) is 0 Å². The van der Waals surface area contributed by atoms with E-state index in [1.807, 2.05) is 6.07 Å². The Kier molecular flexibility index (Phi) is 4.58. The second-order valence-corrected chi connectivity index (χ2v) is 4.98. The van der Waals surface area contributed by atoms with E-state index in [0.717, 1.165) is 5.03 Å². The normalized spacial score (nSPS) is 14.4. The Balaban J connectivity index is 2.63. The van der Waals surface area contributed by atoms with E-state index in [2.05, 4.69) is 10.3 Å². The Morgan fingerprint density at radius 3 is 2.81 bits per heavy atom. The SMILES string of the molecule is CNC(C)(CSc1ccc(Cl)cn1)C(N)=O. The number of aromatic nitrogens is 1. The Labute approximate surface area is 104 Å². The number of carbonyl (C=O) groups is 1. The fraction of sp³-hybridized carbons (Fsp3) is 0.400. The summed E-state index contributed by atoms with van der Waals surface area (Å²) in [5.74, 6) is 0.143. The van der Waals surface area contributed by atoms with Gasteiger partial charge in [-0.1, -0.05) is 11.6 Å². The minimum atomic E-state index is -0.730. The Morgan fingerprint density at radius 1 is 1.69 bits per heavy atom. The van der Waals surface area contributed by atoms with E-state index in [1.54, 1.807) is 26.2 Å². The topological polar surface area (TPSA) is 68.0 Å². The lowest BCUT2D eigenvalue weighted by atomic mass is 10.1. The van der Waals surface area contributed by atoms with Gasteiger partial charge in [-0.15, -0.1) is 11.8 Å². The van der Waals surface area contributed by atoms with Gasteiger partial charge in [0.25, 0.3) is 0 Å². The maximum absolute atomic E-state index is 11.2. The van der Waals surface area contributed by atoms with Gasteiger partial charge in [0, 0.05) is 11.9 Å². The molecule has 0 aliphatic carbocycles. The summed E-state index contributed by atoms with van der Waals surface area (Å²) in [5.41, 5.74) is 4.58. The summed E-state index contributed by atoms with van der Waals surface area (Å²) in [6.07, 6.45) is 1.57. The second-order valence-electron chi connectivity index (χ2n) is 3.55. The molecule has 0 spiro atoms. The lowest BCUT2D eigenvalue weighted by Crippen LogP contribution is -2.53. The highest BCUT2D eigenvalue weighted by Gasteiger charge is 2.29.